The molecule has 1 aromatic carbocycles. The molecule has 0 saturated heterocycles. The molecule has 0 spiro atoms. The lowest BCUT2D eigenvalue weighted by Crippen LogP contribution is -2.12. The van der Waals surface area contributed by atoms with Gasteiger partial charge in [-0.3, -0.25) is 0 Å². The standard InChI is InChI=1S/C17H16FN3S/c1-2-19-15-9-12(7-8-20-15)17-14(10-16(22)21-17)11-3-5-13(18)6-4-11/h3-9H,2,10H2,1H3,(H,19,20)(H,21,22). The number of aromatic nitrogens is 1. The van der Waals surface area contributed by atoms with E-state index in [0.29, 0.717) is 6.42 Å². The van der Waals surface area contributed by atoms with Crippen LogP contribution in [0.15, 0.2) is 42.6 Å². The molecule has 1 aliphatic heterocycles. The van der Waals surface area contributed by atoms with Gasteiger partial charge >= 0.3 is 0 Å². The molecule has 0 atom stereocenters. The van der Waals surface area contributed by atoms with E-state index in [1.165, 1.54) is 12.1 Å². The van der Waals surface area contributed by atoms with Crippen LogP contribution in [0, 0.1) is 5.82 Å². The van der Waals surface area contributed by atoms with E-state index >= 15 is 0 Å². The summed E-state index contributed by atoms with van der Waals surface area (Å²) in [5, 5.41) is 6.47. The first-order valence-electron chi connectivity index (χ1n) is 7.16. The fraction of sp³-hybridized carbons (Fsp3) is 0.176. The van der Waals surface area contributed by atoms with Gasteiger partial charge in [-0.25, -0.2) is 9.37 Å². The predicted octanol–water partition coefficient (Wildman–Crippen LogP) is 3.84. The van der Waals surface area contributed by atoms with Crippen molar-refractivity contribution in [1.29, 1.82) is 0 Å². The van der Waals surface area contributed by atoms with E-state index < -0.39 is 0 Å². The van der Waals surface area contributed by atoms with Gasteiger partial charge < -0.3 is 10.6 Å². The Labute approximate surface area is 134 Å². The predicted molar refractivity (Wildman–Crippen MR) is 92.0 cm³/mol. The van der Waals surface area contributed by atoms with Gasteiger partial charge in [0, 0.05) is 24.7 Å². The summed E-state index contributed by atoms with van der Waals surface area (Å²) in [6.45, 7) is 2.84. The van der Waals surface area contributed by atoms with Crippen molar-refractivity contribution < 1.29 is 4.39 Å². The largest absolute Gasteiger partial charge is 0.370 e. The maximum atomic E-state index is 13.1. The minimum Gasteiger partial charge on any atom is -0.370 e. The van der Waals surface area contributed by atoms with Crippen molar-refractivity contribution in [3.8, 4) is 0 Å². The molecule has 0 amide bonds. The van der Waals surface area contributed by atoms with Gasteiger partial charge in [0.05, 0.1) is 10.7 Å². The Morgan fingerprint density at radius 2 is 2.00 bits per heavy atom. The maximum Gasteiger partial charge on any atom is 0.126 e. The summed E-state index contributed by atoms with van der Waals surface area (Å²) < 4.78 is 13.1. The molecule has 112 valence electrons. The summed E-state index contributed by atoms with van der Waals surface area (Å²) in [6.07, 6.45) is 2.43. The third kappa shape index (κ3) is 2.99. The second kappa shape index (κ2) is 6.23. The first-order chi connectivity index (χ1) is 10.7. The Morgan fingerprint density at radius 1 is 1.23 bits per heavy atom. The van der Waals surface area contributed by atoms with Gasteiger partial charge in [0.15, 0.2) is 0 Å². The Hall–Kier alpha value is -2.27. The first kappa shape index (κ1) is 14.7. The van der Waals surface area contributed by atoms with Gasteiger partial charge in [-0.1, -0.05) is 24.4 Å². The minimum atomic E-state index is -0.238. The van der Waals surface area contributed by atoms with Gasteiger partial charge in [0.25, 0.3) is 0 Å². The van der Waals surface area contributed by atoms with Crippen LogP contribution in [0.4, 0.5) is 10.2 Å². The number of pyridine rings is 1. The van der Waals surface area contributed by atoms with E-state index in [0.717, 1.165) is 39.7 Å². The molecule has 0 saturated carbocycles. The summed E-state index contributed by atoms with van der Waals surface area (Å²) >= 11 is 5.32. The number of nitrogens with one attached hydrogen (secondary N) is 2. The molecule has 2 heterocycles. The van der Waals surface area contributed by atoms with E-state index in [4.69, 9.17) is 12.2 Å². The molecule has 0 radical (unpaired) electrons. The topological polar surface area (TPSA) is 37.0 Å². The molecule has 0 bridgehead atoms. The smallest absolute Gasteiger partial charge is 0.126 e. The van der Waals surface area contributed by atoms with Crippen molar-refractivity contribution >= 4 is 34.3 Å². The molecule has 2 aromatic rings. The second-order valence-corrected chi connectivity index (χ2v) is 5.54. The summed E-state index contributed by atoms with van der Waals surface area (Å²) in [6, 6.07) is 10.4. The second-order valence-electron chi connectivity index (χ2n) is 5.05. The molecule has 2 N–H and O–H groups in total. The van der Waals surface area contributed by atoms with E-state index in [1.807, 2.05) is 19.1 Å². The van der Waals surface area contributed by atoms with Crippen molar-refractivity contribution in [3.05, 3.63) is 59.5 Å². The summed E-state index contributed by atoms with van der Waals surface area (Å²) in [5.74, 6) is 0.586. The zero-order chi connectivity index (χ0) is 15.5. The molecule has 3 nitrogen and oxygen atoms in total. The van der Waals surface area contributed by atoms with Gasteiger partial charge in [0.2, 0.25) is 0 Å². The van der Waals surface area contributed by atoms with Crippen molar-refractivity contribution in [1.82, 2.24) is 10.3 Å². The number of rotatable bonds is 4. The average Bonchev–Trinajstić information content (AvgIpc) is 2.91. The number of nitrogens with zero attached hydrogens (tertiary/aromatic N) is 1. The van der Waals surface area contributed by atoms with E-state index in [-0.39, 0.29) is 5.82 Å². The molecule has 0 unspecified atom stereocenters. The quantitative estimate of drug-likeness (QED) is 0.841. The molecular formula is C17H16FN3S. The highest BCUT2D eigenvalue weighted by molar-refractivity contribution is 7.80. The van der Waals surface area contributed by atoms with Crippen LogP contribution in [0.2, 0.25) is 0 Å². The molecule has 3 rings (SSSR count). The number of halogens is 1. The molecule has 0 fully saturated rings. The third-order valence-corrected chi connectivity index (χ3v) is 3.75. The average molecular weight is 313 g/mol. The van der Waals surface area contributed by atoms with Crippen LogP contribution in [0.1, 0.15) is 24.5 Å². The van der Waals surface area contributed by atoms with Crippen molar-refractivity contribution in [2.45, 2.75) is 13.3 Å². The highest BCUT2D eigenvalue weighted by Crippen LogP contribution is 2.32. The van der Waals surface area contributed by atoms with Gasteiger partial charge in [0.1, 0.15) is 11.6 Å². The van der Waals surface area contributed by atoms with Crippen LogP contribution >= 0.6 is 12.2 Å². The fourth-order valence-corrected chi connectivity index (χ4v) is 2.76. The molecule has 5 heteroatoms. The summed E-state index contributed by atoms with van der Waals surface area (Å²) in [7, 11) is 0. The SMILES string of the molecule is CCNc1cc(C2=C(c3ccc(F)cc3)CC(=S)N2)ccn1. The number of thiocarbonyl (C=S) groups is 1. The molecule has 0 aliphatic carbocycles. The Balaban J connectivity index is 2.04. The van der Waals surface area contributed by atoms with Crippen LogP contribution in [0.25, 0.3) is 11.3 Å². The zero-order valence-electron chi connectivity index (χ0n) is 12.2. The summed E-state index contributed by atoms with van der Waals surface area (Å²) in [5.41, 5.74) is 4.05. The fourth-order valence-electron chi connectivity index (χ4n) is 2.52. The van der Waals surface area contributed by atoms with Crippen LogP contribution in [-0.2, 0) is 0 Å². The monoisotopic (exact) mass is 313 g/mol. The lowest BCUT2D eigenvalue weighted by Gasteiger charge is -2.10. The molecule has 22 heavy (non-hydrogen) atoms. The summed E-state index contributed by atoms with van der Waals surface area (Å²) in [4.78, 5) is 5.06. The highest BCUT2D eigenvalue weighted by atomic mass is 32.1. The lowest BCUT2D eigenvalue weighted by molar-refractivity contribution is 0.627. The molecule has 1 aliphatic rings. The zero-order valence-corrected chi connectivity index (χ0v) is 13.0. The van der Waals surface area contributed by atoms with Gasteiger partial charge in [-0.2, -0.15) is 0 Å². The maximum absolute atomic E-state index is 13.1. The van der Waals surface area contributed by atoms with Crippen molar-refractivity contribution in [2.24, 2.45) is 0 Å². The minimum absolute atomic E-state index is 0.238. The number of hydrogen-bond donors (Lipinski definition) is 2. The van der Waals surface area contributed by atoms with Crippen LogP contribution in [-0.4, -0.2) is 16.5 Å². The van der Waals surface area contributed by atoms with Crippen molar-refractivity contribution in [3.63, 3.8) is 0 Å². The Morgan fingerprint density at radius 3 is 2.73 bits per heavy atom. The Kier molecular flexibility index (Phi) is 4.15. The number of anilines is 1. The highest BCUT2D eigenvalue weighted by Gasteiger charge is 2.21. The first-order valence-corrected chi connectivity index (χ1v) is 7.57. The third-order valence-electron chi connectivity index (χ3n) is 3.50. The van der Waals surface area contributed by atoms with Gasteiger partial charge in [-0.05, 0) is 42.3 Å². The van der Waals surface area contributed by atoms with E-state index in [2.05, 4.69) is 15.6 Å². The van der Waals surface area contributed by atoms with Crippen LogP contribution in [0.5, 0.6) is 0 Å². The van der Waals surface area contributed by atoms with Crippen LogP contribution in [0.3, 0.4) is 0 Å². The lowest BCUT2D eigenvalue weighted by atomic mass is 10.00. The van der Waals surface area contributed by atoms with Crippen molar-refractivity contribution in [2.75, 3.05) is 11.9 Å². The number of hydrogen-bond acceptors (Lipinski definition) is 3. The normalized spacial score (nSPS) is 14.2. The molecule has 1 aromatic heterocycles. The van der Waals surface area contributed by atoms with Gasteiger partial charge in [-0.15, -0.1) is 0 Å². The van der Waals surface area contributed by atoms with E-state index in [9.17, 15) is 4.39 Å². The number of benzene rings is 1. The van der Waals surface area contributed by atoms with E-state index in [1.54, 1.807) is 18.3 Å². The van der Waals surface area contributed by atoms with Crippen LogP contribution < -0.4 is 10.6 Å². The molecular weight excluding hydrogens is 297 g/mol. The Bertz CT molecular complexity index is 738.